The molecule has 16 heavy (non-hydrogen) atoms. The van der Waals surface area contributed by atoms with Gasteiger partial charge in [-0.3, -0.25) is 0 Å². The SMILES string of the molecule is C[C@@H](/C=C\[C@@H](O)C1CCCCC1)[Si](C)(C)C. The van der Waals surface area contributed by atoms with E-state index in [-0.39, 0.29) is 6.10 Å². The highest BCUT2D eigenvalue weighted by atomic mass is 28.3. The molecule has 0 unspecified atom stereocenters. The van der Waals surface area contributed by atoms with Crippen molar-refractivity contribution in [3.05, 3.63) is 12.2 Å². The molecule has 0 spiro atoms. The molecule has 0 bridgehead atoms. The number of rotatable bonds is 4. The zero-order valence-electron chi connectivity index (χ0n) is 11.4. The van der Waals surface area contributed by atoms with E-state index < -0.39 is 8.07 Å². The molecule has 1 fully saturated rings. The summed E-state index contributed by atoms with van der Waals surface area (Å²) in [6.45, 7) is 9.44. The van der Waals surface area contributed by atoms with E-state index >= 15 is 0 Å². The lowest BCUT2D eigenvalue weighted by Gasteiger charge is -2.26. The van der Waals surface area contributed by atoms with Crippen LogP contribution in [0.25, 0.3) is 0 Å². The van der Waals surface area contributed by atoms with Crippen molar-refractivity contribution in [3.63, 3.8) is 0 Å². The maximum absolute atomic E-state index is 10.1. The zero-order chi connectivity index (χ0) is 12.2. The van der Waals surface area contributed by atoms with Gasteiger partial charge in [-0.15, -0.1) is 0 Å². The molecule has 0 heterocycles. The molecule has 2 atom stereocenters. The maximum Gasteiger partial charge on any atom is 0.0749 e. The largest absolute Gasteiger partial charge is 0.389 e. The molecule has 1 N–H and O–H groups in total. The highest BCUT2D eigenvalue weighted by molar-refractivity contribution is 6.77. The maximum atomic E-state index is 10.1. The summed E-state index contributed by atoms with van der Waals surface area (Å²) in [5, 5.41) is 10.1. The van der Waals surface area contributed by atoms with Crippen LogP contribution in [0.15, 0.2) is 12.2 Å². The van der Waals surface area contributed by atoms with Crippen molar-refractivity contribution in [3.8, 4) is 0 Å². The lowest BCUT2D eigenvalue weighted by molar-refractivity contribution is 0.125. The van der Waals surface area contributed by atoms with Crippen LogP contribution in [0.4, 0.5) is 0 Å². The van der Waals surface area contributed by atoms with Gasteiger partial charge < -0.3 is 5.11 Å². The monoisotopic (exact) mass is 240 g/mol. The molecule has 2 heteroatoms. The van der Waals surface area contributed by atoms with Crippen LogP contribution >= 0.6 is 0 Å². The van der Waals surface area contributed by atoms with Crippen LogP contribution in [-0.2, 0) is 0 Å². The Kier molecular flexibility index (Phi) is 5.26. The summed E-state index contributed by atoms with van der Waals surface area (Å²) in [5.41, 5.74) is 0.658. The molecule has 1 aliphatic rings. The van der Waals surface area contributed by atoms with Crippen LogP contribution < -0.4 is 0 Å². The highest BCUT2D eigenvalue weighted by Gasteiger charge is 2.22. The van der Waals surface area contributed by atoms with Crippen LogP contribution in [0, 0.1) is 5.92 Å². The number of aliphatic hydroxyl groups is 1. The Morgan fingerprint density at radius 1 is 1.06 bits per heavy atom. The van der Waals surface area contributed by atoms with Crippen molar-refractivity contribution in [1.29, 1.82) is 0 Å². The third-order valence-corrected chi connectivity index (χ3v) is 7.02. The molecule has 94 valence electrons. The molecule has 0 aromatic carbocycles. The minimum absolute atomic E-state index is 0.195. The Morgan fingerprint density at radius 3 is 2.12 bits per heavy atom. The van der Waals surface area contributed by atoms with Crippen LogP contribution in [0.1, 0.15) is 39.0 Å². The number of aliphatic hydroxyl groups excluding tert-OH is 1. The van der Waals surface area contributed by atoms with E-state index in [1.807, 2.05) is 0 Å². The van der Waals surface area contributed by atoms with Gasteiger partial charge in [0, 0.05) is 0 Å². The van der Waals surface area contributed by atoms with Crippen LogP contribution in [0.3, 0.4) is 0 Å². The van der Waals surface area contributed by atoms with Crippen molar-refractivity contribution in [2.24, 2.45) is 5.92 Å². The van der Waals surface area contributed by atoms with Crippen molar-refractivity contribution < 1.29 is 5.11 Å². The average molecular weight is 240 g/mol. The Balaban J connectivity index is 2.43. The summed E-state index contributed by atoms with van der Waals surface area (Å²) in [7, 11) is -1.07. The fraction of sp³-hybridized carbons (Fsp3) is 0.857. The molecular formula is C14H28OSi. The van der Waals surface area contributed by atoms with Gasteiger partial charge in [0.25, 0.3) is 0 Å². The molecule has 0 aromatic heterocycles. The summed E-state index contributed by atoms with van der Waals surface area (Å²) in [5.74, 6) is 0.527. The fourth-order valence-electron chi connectivity index (χ4n) is 2.20. The predicted molar refractivity (Wildman–Crippen MR) is 74.5 cm³/mol. The van der Waals surface area contributed by atoms with E-state index in [0.29, 0.717) is 11.5 Å². The summed E-state index contributed by atoms with van der Waals surface area (Å²) < 4.78 is 0. The van der Waals surface area contributed by atoms with Gasteiger partial charge in [-0.1, -0.05) is 58.0 Å². The quantitative estimate of drug-likeness (QED) is 0.576. The standard InChI is InChI=1S/C14H28OSi/c1-12(16(2,3)4)10-11-14(15)13-8-6-5-7-9-13/h10-15H,5-9H2,1-4H3/b11-10-/t12-,14+/m0/s1. The van der Waals surface area contributed by atoms with Gasteiger partial charge in [0.15, 0.2) is 0 Å². The van der Waals surface area contributed by atoms with Crippen molar-refractivity contribution >= 4 is 8.07 Å². The highest BCUT2D eigenvalue weighted by Crippen LogP contribution is 2.28. The van der Waals surface area contributed by atoms with E-state index in [1.54, 1.807) is 0 Å². The number of allylic oxidation sites excluding steroid dienone is 1. The van der Waals surface area contributed by atoms with Crippen LogP contribution in [-0.4, -0.2) is 19.3 Å². The molecule has 0 saturated heterocycles. The van der Waals surface area contributed by atoms with E-state index in [4.69, 9.17) is 0 Å². The number of hydrogen-bond donors (Lipinski definition) is 1. The van der Waals surface area contributed by atoms with Gasteiger partial charge in [-0.05, 0) is 24.3 Å². The second-order valence-corrected chi connectivity index (χ2v) is 12.1. The molecule has 0 radical (unpaired) electrons. The lowest BCUT2D eigenvalue weighted by atomic mass is 9.85. The van der Waals surface area contributed by atoms with Gasteiger partial charge in [-0.2, -0.15) is 0 Å². The van der Waals surface area contributed by atoms with Crippen molar-refractivity contribution in [2.45, 2.75) is 70.3 Å². The second kappa shape index (κ2) is 6.01. The van der Waals surface area contributed by atoms with E-state index in [0.717, 1.165) is 0 Å². The average Bonchev–Trinajstić information content (AvgIpc) is 2.25. The Labute approximate surface area is 102 Å². The topological polar surface area (TPSA) is 20.2 Å². The summed E-state index contributed by atoms with van der Waals surface area (Å²) >= 11 is 0. The molecule has 1 nitrogen and oxygen atoms in total. The first kappa shape index (κ1) is 14.0. The molecule has 1 saturated carbocycles. The first-order valence-corrected chi connectivity index (χ1v) is 10.4. The van der Waals surface area contributed by atoms with Gasteiger partial charge >= 0.3 is 0 Å². The van der Waals surface area contributed by atoms with E-state index in [9.17, 15) is 5.11 Å². The molecule has 1 rings (SSSR count). The molecular weight excluding hydrogens is 212 g/mol. The van der Waals surface area contributed by atoms with E-state index in [1.165, 1.54) is 32.1 Å². The van der Waals surface area contributed by atoms with Gasteiger partial charge in [0.2, 0.25) is 0 Å². The van der Waals surface area contributed by atoms with Crippen molar-refractivity contribution in [2.75, 3.05) is 0 Å². The minimum atomic E-state index is -1.07. The fourth-order valence-corrected chi connectivity index (χ4v) is 2.89. The van der Waals surface area contributed by atoms with Gasteiger partial charge in [0.05, 0.1) is 14.2 Å². The Bertz CT molecular complexity index is 223. The first-order valence-electron chi connectivity index (χ1n) is 6.77. The smallest absolute Gasteiger partial charge is 0.0749 e. The zero-order valence-corrected chi connectivity index (χ0v) is 12.4. The van der Waals surface area contributed by atoms with Crippen molar-refractivity contribution in [1.82, 2.24) is 0 Å². The molecule has 0 aromatic rings. The lowest BCUT2D eigenvalue weighted by Crippen LogP contribution is -2.26. The minimum Gasteiger partial charge on any atom is -0.389 e. The molecule has 1 aliphatic carbocycles. The second-order valence-electron chi connectivity index (χ2n) is 6.43. The van der Waals surface area contributed by atoms with Gasteiger partial charge in [-0.25, -0.2) is 0 Å². The Hall–Kier alpha value is -0.0831. The normalized spacial score (nSPS) is 23.6. The van der Waals surface area contributed by atoms with Gasteiger partial charge in [0.1, 0.15) is 0 Å². The molecule has 0 amide bonds. The van der Waals surface area contributed by atoms with Crippen LogP contribution in [0.2, 0.25) is 25.2 Å². The van der Waals surface area contributed by atoms with Crippen LogP contribution in [0.5, 0.6) is 0 Å². The Morgan fingerprint density at radius 2 is 1.62 bits per heavy atom. The first-order chi connectivity index (χ1) is 7.41. The summed E-state index contributed by atoms with van der Waals surface area (Å²) in [4.78, 5) is 0. The summed E-state index contributed by atoms with van der Waals surface area (Å²) in [6.07, 6.45) is 10.5. The number of hydrogen-bond acceptors (Lipinski definition) is 1. The predicted octanol–water partition coefficient (Wildman–Crippen LogP) is 4.21. The third kappa shape index (κ3) is 4.42. The third-order valence-electron chi connectivity index (χ3n) is 4.10. The molecule has 0 aliphatic heterocycles. The summed E-state index contributed by atoms with van der Waals surface area (Å²) in [6, 6.07) is 0. The van der Waals surface area contributed by atoms with E-state index in [2.05, 4.69) is 38.7 Å².